The molecule has 1 spiro atoms. The lowest BCUT2D eigenvalue weighted by Crippen LogP contribution is -2.51. The van der Waals surface area contributed by atoms with Crippen LogP contribution in [0.2, 0.25) is 5.02 Å². The standard InChI is InChI=1S/C21H22ClFN2O/c22-18-10-15(6-7-19(18)23)13-25-9-3-8-21(14-25)11-16-4-1-2-5-17(16)12-24-20(21)26/h1-2,4-7,10H,3,8-9,11-14H2,(H,24,26). The van der Waals surface area contributed by atoms with E-state index in [0.717, 1.165) is 31.4 Å². The van der Waals surface area contributed by atoms with Gasteiger partial charge in [0.05, 0.1) is 10.4 Å². The van der Waals surface area contributed by atoms with Gasteiger partial charge >= 0.3 is 0 Å². The number of halogens is 2. The molecule has 0 bridgehead atoms. The van der Waals surface area contributed by atoms with Crippen molar-refractivity contribution in [2.75, 3.05) is 13.1 Å². The lowest BCUT2D eigenvalue weighted by molar-refractivity contribution is -0.134. The molecule has 0 aliphatic carbocycles. The summed E-state index contributed by atoms with van der Waals surface area (Å²) in [5, 5.41) is 3.27. The molecule has 1 fully saturated rings. The Morgan fingerprint density at radius 2 is 2.00 bits per heavy atom. The lowest BCUT2D eigenvalue weighted by atomic mass is 9.74. The number of carbonyl (C=O) groups excluding carboxylic acids is 1. The second-order valence-electron chi connectivity index (χ2n) is 7.47. The van der Waals surface area contributed by atoms with Crippen LogP contribution in [0.5, 0.6) is 0 Å². The number of likely N-dealkylation sites (tertiary alicyclic amines) is 1. The molecule has 1 atom stereocenters. The van der Waals surface area contributed by atoms with Crippen molar-refractivity contribution < 1.29 is 9.18 Å². The van der Waals surface area contributed by atoms with Crippen molar-refractivity contribution in [1.29, 1.82) is 0 Å². The van der Waals surface area contributed by atoms with Gasteiger partial charge in [-0.3, -0.25) is 9.69 Å². The van der Waals surface area contributed by atoms with Crippen LogP contribution in [0.1, 0.15) is 29.5 Å². The molecule has 0 aromatic heterocycles. The molecule has 2 heterocycles. The third-order valence-corrected chi connectivity index (χ3v) is 5.90. The number of benzene rings is 2. The molecule has 1 saturated heterocycles. The van der Waals surface area contributed by atoms with E-state index in [1.54, 1.807) is 12.1 Å². The molecule has 5 heteroatoms. The summed E-state index contributed by atoms with van der Waals surface area (Å²) in [5.74, 6) is -0.249. The van der Waals surface area contributed by atoms with E-state index in [1.807, 2.05) is 12.1 Å². The van der Waals surface area contributed by atoms with Crippen LogP contribution in [0.15, 0.2) is 42.5 Å². The smallest absolute Gasteiger partial charge is 0.228 e. The Bertz CT molecular complexity index is 841. The zero-order chi connectivity index (χ0) is 18.1. The van der Waals surface area contributed by atoms with Crippen LogP contribution in [0, 0.1) is 11.2 Å². The third kappa shape index (κ3) is 3.36. The Labute approximate surface area is 158 Å². The van der Waals surface area contributed by atoms with Crippen LogP contribution in [0.4, 0.5) is 4.39 Å². The summed E-state index contributed by atoms with van der Waals surface area (Å²) in [5.41, 5.74) is 3.05. The van der Waals surface area contributed by atoms with Gasteiger partial charge in [0, 0.05) is 19.6 Å². The molecule has 26 heavy (non-hydrogen) atoms. The summed E-state index contributed by atoms with van der Waals surface area (Å²) in [6, 6.07) is 13.2. The fraction of sp³-hybridized carbons (Fsp3) is 0.381. The number of fused-ring (bicyclic) bond motifs is 1. The van der Waals surface area contributed by atoms with Crippen molar-refractivity contribution in [1.82, 2.24) is 10.2 Å². The minimum atomic E-state index is -0.398. The summed E-state index contributed by atoms with van der Waals surface area (Å²) in [4.78, 5) is 15.2. The molecule has 0 radical (unpaired) electrons. The van der Waals surface area contributed by atoms with Gasteiger partial charge in [0.15, 0.2) is 0 Å². The Kier molecular flexibility index (Phi) is 4.72. The van der Waals surface area contributed by atoms with Gasteiger partial charge < -0.3 is 5.32 Å². The van der Waals surface area contributed by atoms with E-state index in [-0.39, 0.29) is 10.9 Å². The van der Waals surface area contributed by atoms with Crippen LogP contribution in [-0.4, -0.2) is 23.9 Å². The maximum absolute atomic E-state index is 13.4. The molecule has 2 aliphatic rings. The number of rotatable bonds is 2. The normalized spacial score (nSPS) is 23.4. The van der Waals surface area contributed by atoms with Crippen molar-refractivity contribution in [3.05, 3.63) is 70.0 Å². The molecule has 3 nitrogen and oxygen atoms in total. The van der Waals surface area contributed by atoms with E-state index < -0.39 is 11.2 Å². The Hall–Kier alpha value is -1.91. The topological polar surface area (TPSA) is 32.3 Å². The van der Waals surface area contributed by atoms with Crippen molar-refractivity contribution >= 4 is 17.5 Å². The number of nitrogens with zero attached hydrogens (tertiary/aromatic N) is 1. The van der Waals surface area contributed by atoms with E-state index in [2.05, 4.69) is 22.3 Å². The SMILES string of the molecule is O=C1NCc2ccccc2CC12CCCN(Cc1ccc(F)c(Cl)c1)C2. The molecule has 1 N–H and O–H groups in total. The Morgan fingerprint density at radius 3 is 2.81 bits per heavy atom. The molecule has 2 aromatic rings. The van der Waals surface area contributed by atoms with Crippen LogP contribution in [-0.2, 0) is 24.3 Å². The number of nitrogens with one attached hydrogen (secondary N) is 1. The predicted octanol–water partition coefficient (Wildman–Crippen LogP) is 3.93. The van der Waals surface area contributed by atoms with Gasteiger partial charge in [0.25, 0.3) is 0 Å². The molecule has 2 aromatic carbocycles. The quantitative estimate of drug-likeness (QED) is 0.866. The fourth-order valence-electron chi connectivity index (χ4n) is 4.30. The second-order valence-corrected chi connectivity index (χ2v) is 7.88. The highest BCUT2D eigenvalue weighted by atomic mass is 35.5. The Balaban J connectivity index is 1.56. The monoisotopic (exact) mass is 372 g/mol. The van der Waals surface area contributed by atoms with Gasteiger partial charge in [-0.25, -0.2) is 4.39 Å². The number of hydrogen-bond acceptors (Lipinski definition) is 2. The van der Waals surface area contributed by atoms with Crippen molar-refractivity contribution in [2.45, 2.75) is 32.4 Å². The van der Waals surface area contributed by atoms with Crippen LogP contribution in [0.25, 0.3) is 0 Å². The Morgan fingerprint density at radius 1 is 1.19 bits per heavy atom. The van der Waals surface area contributed by atoms with Gasteiger partial charge in [0.1, 0.15) is 5.82 Å². The van der Waals surface area contributed by atoms with Gasteiger partial charge in [-0.05, 0) is 54.6 Å². The first kappa shape index (κ1) is 17.5. The first-order valence-corrected chi connectivity index (χ1v) is 9.45. The molecule has 136 valence electrons. The largest absolute Gasteiger partial charge is 0.351 e. The van der Waals surface area contributed by atoms with Crippen LogP contribution < -0.4 is 5.32 Å². The lowest BCUT2D eigenvalue weighted by Gasteiger charge is -2.41. The molecule has 2 aliphatic heterocycles. The highest BCUT2D eigenvalue weighted by molar-refractivity contribution is 6.30. The van der Waals surface area contributed by atoms with Crippen molar-refractivity contribution in [3.63, 3.8) is 0 Å². The van der Waals surface area contributed by atoms with Gasteiger partial charge in [-0.2, -0.15) is 0 Å². The van der Waals surface area contributed by atoms with Crippen molar-refractivity contribution in [2.24, 2.45) is 5.41 Å². The molecule has 4 rings (SSSR count). The van der Waals surface area contributed by atoms with Gasteiger partial charge in [0.2, 0.25) is 5.91 Å². The average Bonchev–Trinajstić information content (AvgIpc) is 2.76. The zero-order valence-electron chi connectivity index (χ0n) is 14.6. The van der Waals surface area contributed by atoms with E-state index in [9.17, 15) is 9.18 Å². The number of carbonyl (C=O) groups is 1. The van der Waals surface area contributed by atoms with E-state index in [0.29, 0.717) is 19.6 Å². The van der Waals surface area contributed by atoms with E-state index in [1.165, 1.54) is 17.2 Å². The summed E-state index contributed by atoms with van der Waals surface area (Å²) >= 11 is 5.92. The minimum Gasteiger partial charge on any atom is -0.351 e. The number of amides is 1. The first-order chi connectivity index (χ1) is 12.6. The number of piperidine rings is 1. The van der Waals surface area contributed by atoms with Gasteiger partial charge in [-0.15, -0.1) is 0 Å². The summed E-state index contributed by atoms with van der Waals surface area (Å²) < 4.78 is 13.4. The highest BCUT2D eigenvalue weighted by Crippen LogP contribution is 2.37. The minimum absolute atomic E-state index is 0.148. The first-order valence-electron chi connectivity index (χ1n) is 9.07. The third-order valence-electron chi connectivity index (χ3n) is 5.61. The van der Waals surface area contributed by atoms with Gasteiger partial charge in [-0.1, -0.05) is 41.9 Å². The van der Waals surface area contributed by atoms with Crippen LogP contribution in [0.3, 0.4) is 0 Å². The van der Waals surface area contributed by atoms with E-state index >= 15 is 0 Å². The van der Waals surface area contributed by atoms with Crippen molar-refractivity contribution in [3.8, 4) is 0 Å². The summed E-state index contributed by atoms with van der Waals surface area (Å²) in [6.45, 7) is 2.93. The average molecular weight is 373 g/mol. The molecule has 1 unspecified atom stereocenters. The maximum atomic E-state index is 13.4. The molecule has 0 saturated carbocycles. The summed E-state index contributed by atoms with van der Waals surface area (Å²) in [7, 11) is 0. The highest BCUT2D eigenvalue weighted by Gasteiger charge is 2.43. The summed E-state index contributed by atoms with van der Waals surface area (Å²) in [6.07, 6.45) is 2.65. The molecular formula is C21H22ClFN2O. The molecular weight excluding hydrogens is 351 g/mol. The second kappa shape index (κ2) is 7.01. The predicted molar refractivity (Wildman–Crippen MR) is 100 cm³/mol. The van der Waals surface area contributed by atoms with Crippen LogP contribution >= 0.6 is 11.6 Å². The number of hydrogen-bond donors (Lipinski definition) is 1. The van der Waals surface area contributed by atoms with E-state index in [4.69, 9.17) is 11.6 Å². The fourth-order valence-corrected chi connectivity index (χ4v) is 4.50. The zero-order valence-corrected chi connectivity index (χ0v) is 15.4. The maximum Gasteiger partial charge on any atom is 0.228 e. The molecule has 1 amide bonds.